The molecule has 0 aromatic rings. The molecule has 2 aliphatic heterocycles. The van der Waals surface area contributed by atoms with Crippen LogP contribution < -0.4 is 10.6 Å². The lowest BCUT2D eigenvalue weighted by atomic mass is 10.2. The second kappa shape index (κ2) is 9.24. The normalized spacial score (nSPS) is 24.4. The fourth-order valence-electron chi connectivity index (χ4n) is 2.49. The Morgan fingerprint density at radius 2 is 2.05 bits per heavy atom. The summed E-state index contributed by atoms with van der Waals surface area (Å²) in [6.45, 7) is 2.56. The molecule has 2 saturated heterocycles. The van der Waals surface area contributed by atoms with Gasteiger partial charge in [0.25, 0.3) is 0 Å². The van der Waals surface area contributed by atoms with Gasteiger partial charge in [0.15, 0.2) is 5.96 Å². The van der Waals surface area contributed by atoms with Gasteiger partial charge in [-0.05, 0) is 18.6 Å². The molecule has 0 aliphatic carbocycles. The van der Waals surface area contributed by atoms with Crippen LogP contribution in [0.15, 0.2) is 4.99 Å². The first-order valence-electron chi connectivity index (χ1n) is 7.73. The van der Waals surface area contributed by atoms with Gasteiger partial charge in [-0.15, -0.1) is 0 Å². The monoisotopic (exact) mass is 366 g/mol. The lowest BCUT2D eigenvalue weighted by Crippen LogP contribution is -2.45. The molecule has 1 unspecified atom stereocenters. The molecular formula is C13H26N4O2S3. The van der Waals surface area contributed by atoms with Gasteiger partial charge in [0, 0.05) is 50.0 Å². The van der Waals surface area contributed by atoms with Crippen LogP contribution >= 0.6 is 23.5 Å². The van der Waals surface area contributed by atoms with Crippen LogP contribution in [0.3, 0.4) is 0 Å². The molecule has 0 aromatic carbocycles. The number of hydrogen-bond donors (Lipinski definition) is 2. The Kier molecular flexibility index (Phi) is 7.66. The third-order valence-corrected chi connectivity index (χ3v) is 7.97. The molecule has 6 nitrogen and oxygen atoms in total. The zero-order valence-electron chi connectivity index (χ0n) is 13.1. The van der Waals surface area contributed by atoms with Crippen LogP contribution in [0.5, 0.6) is 0 Å². The highest BCUT2D eigenvalue weighted by molar-refractivity contribution is 8.00. The van der Waals surface area contributed by atoms with Crippen LogP contribution in [0.25, 0.3) is 0 Å². The van der Waals surface area contributed by atoms with Gasteiger partial charge in [0.1, 0.15) is 0 Å². The molecule has 0 bridgehead atoms. The summed E-state index contributed by atoms with van der Waals surface area (Å²) in [6, 6.07) is 0. The molecular weight excluding hydrogens is 340 g/mol. The van der Waals surface area contributed by atoms with E-state index in [0.717, 1.165) is 18.1 Å². The lowest BCUT2D eigenvalue weighted by Gasteiger charge is -2.25. The number of guanidine groups is 1. The number of nitrogens with zero attached hydrogens (tertiary/aromatic N) is 2. The van der Waals surface area contributed by atoms with Gasteiger partial charge in [0.05, 0.1) is 5.75 Å². The topological polar surface area (TPSA) is 73.8 Å². The Hall–Kier alpha value is -0.120. The number of sulfonamides is 1. The highest BCUT2D eigenvalue weighted by atomic mass is 32.2. The summed E-state index contributed by atoms with van der Waals surface area (Å²) in [5.41, 5.74) is 0. The molecule has 2 N–H and O–H groups in total. The van der Waals surface area contributed by atoms with Crippen LogP contribution in [0.4, 0.5) is 0 Å². The van der Waals surface area contributed by atoms with Crippen LogP contribution in [-0.2, 0) is 10.0 Å². The Morgan fingerprint density at radius 1 is 1.27 bits per heavy atom. The van der Waals surface area contributed by atoms with Gasteiger partial charge in [0.2, 0.25) is 10.0 Å². The zero-order valence-corrected chi connectivity index (χ0v) is 15.5. The van der Waals surface area contributed by atoms with Crippen molar-refractivity contribution in [2.75, 3.05) is 56.2 Å². The Balaban J connectivity index is 1.68. The van der Waals surface area contributed by atoms with Crippen molar-refractivity contribution < 1.29 is 8.42 Å². The maximum Gasteiger partial charge on any atom is 0.215 e. The summed E-state index contributed by atoms with van der Waals surface area (Å²) >= 11 is 3.80. The van der Waals surface area contributed by atoms with Crippen LogP contribution in [0.2, 0.25) is 0 Å². The van der Waals surface area contributed by atoms with E-state index in [4.69, 9.17) is 0 Å². The predicted molar refractivity (Wildman–Crippen MR) is 97.5 cm³/mol. The lowest BCUT2D eigenvalue weighted by molar-refractivity contribution is 0.443. The molecule has 0 aromatic heterocycles. The van der Waals surface area contributed by atoms with E-state index in [0.29, 0.717) is 30.8 Å². The van der Waals surface area contributed by atoms with E-state index in [2.05, 4.69) is 15.6 Å². The van der Waals surface area contributed by atoms with E-state index in [1.807, 2.05) is 23.5 Å². The van der Waals surface area contributed by atoms with Crippen molar-refractivity contribution in [3.8, 4) is 0 Å². The molecule has 2 rings (SSSR count). The summed E-state index contributed by atoms with van der Waals surface area (Å²) in [5, 5.41) is 7.04. The van der Waals surface area contributed by atoms with E-state index >= 15 is 0 Å². The minimum absolute atomic E-state index is 0.122. The maximum absolute atomic E-state index is 12.2. The molecule has 22 heavy (non-hydrogen) atoms. The smallest absolute Gasteiger partial charge is 0.215 e. The number of rotatable bonds is 6. The summed E-state index contributed by atoms with van der Waals surface area (Å²) in [7, 11) is -1.43. The second-order valence-electron chi connectivity index (χ2n) is 5.34. The fraction of sp³-hybridized carbons (Fsp3) is 0.923. The van der Waals surface area contributed by atoms with Gasteiger partial charge in [-0.1, -0.05) is 0 Å². The predicted octanol–water partition coefficient (Wildman–Crippen LogP) is 0.426. The van der Waals surface area contributed by atoms with Gasteiger partial charge < -0.3 is 10.6 Å². The van der Waals surface area contributed by atoms with Crippen molar-refractivity contribution in [1.29, 1.82) is 0 Å². The molecule has 128 valence electrons. The fourth-order valence-corrected chi connectivity index (χ4v) is 6.18. The standard InChI is InChI=1S/C13H26N4O2S3/c1-14-13(16-11-12-3-2-7-21-12)15-4-10-22(18,19)17-5-8-20-9-6-17/h12H,2-11H2,1H3,(H2,14,15,16). The minimum Gasteiger partial charge on any atom is -0.355 e. The Bertz CT molecular complexity index is 458. The zero-order chi connectivity index (χ0) is 15.8. The van der Waals surface area contributed by atoms with E-state index in [9.17, 15) is 8.42 Å². The van der Waals surface area contributed by atoms with Crippen LogP contribution in [0.1, 0.15) is 12.8 Å². The molecule has 9 heteroatoms. The molecule has 0 radical (unpaired) electrons. The molecule has 0 amide bonds. The minimum atomic E-state index is -3.15. The molecule has 2 aliphatic rings. The number of aliphatic imine (C=N–C) groups is 1. The molecule has 1 atom stereocenters. The van der Waals surface area contributed by atoms with Gasteiger partial charge in [-0.25, -0.2) is 12.7 Å². The van der Waals surface area contributed by atoms with Crippen LogP contribution in [0, 0.1) is 0 Å². The summed E-state index contributed by atoms with van der Waals surface area (Å²) < 4.78 is 26.1. The first kappa shape index (κ1) is 18.2. The number of nitrogens with one attached hydrogen (secondary N) is 2. The highest BCUT2D eigenvalue weighted by Gasteiger charge is 2.23. The average Bonchev–Trinajstić information content (AvgIpc) is 3.05. The summed E-state index contributed by atoms with van der Waals surface area (Å²) in [6.07, 6.45) is 2.53. The van der Waals surface area contributed by atoms with Crippen LogP contribution in [-0.4, -0.2) is 80.2 Å². The average molecular weight is 367 g/mol. The summed E-state index contributed by atoms with van der Waals surface area (Å²) in [5.74, 6) is 3.85. The van der Waals surface area contributed by atoms with E-state index in [1.54, 1.807) is 11.4 Å². The van der Waals surface area contributed by atoms with Crippen molar-refractivity contribution in [2.45, 2.75) is 18.1 Å². The number of thioether (sulfide) groups is 2. The summed E-state index contributed by atoms with van der Waals surface area (Å²) in [4.78, 5) is 4.15. The molecule has 2 heterocycles. The largest absolute Gasteiger partial charge is 0.355 e. The Labute approximate surface area is 142 Å². The van der Waals surface area contributed by atoms with E-state index < -0.39 is 10.0 Å². The molecule has 0 saturated carbocycles. The third-order valence-electron chi connectivity index (χ3n) is 3.76. The first-order valence-corrected chi connectivity index (χ1v) is 11.5. The maximum atomic E-state index is 12.2. The van der Waals surface area contributed by atoms with Crippen molar-refractivity contribution in [3.05, 3.63) is 0 Å². The number of hydrogen-bond acceptors (Lipinski definition) is 5. The third kappa shape index (κ3) is 5.82. The van der Waals surface area contributed by atoms with Gasteiger partial charge in [-0.2, -0.15) is 23.5 Å². The van der Waals surface area contributed by atoms with Gasteiger partial charge >= 0.3 is 0 Å². The highest BCUT2D eigenvalue weighted by Crippen LogP contribution is 2.25. The first-order chi connectivity index (χ1) is 10.6. The van der Waals surface area contributed by atoms with Gasteiger partial charge in [-0.3, -0.25) is 4.99 Å². The van der Waals surface area contributed by atoms with Crippen molar-refractivity contribution in [2.24, 2.45) is 4.99 Å². The van der Waals surface area contributed by atoms with E-state index in [-0.39, 0.29) is 5.75 Å². The SMILES string of the molecule is CN=C(NCCS(=O)(=O)N1CCSCC1)NCC1CCCS1. The molecule has 2 fully saturated rings. The second-order valence-corrected chi connectivity index (χ2v) is 10.1. The van der Waals surface area contributed by atoms with Crippen molar-refractivity contribution >= 4 is 39.5 Å². The molecule has 0 spiro atoms. The van der Waals surface area contributed by atoms with E-state index in [1.165, 1.54) is 18.6 Å². The van der Waals surface area contributed by atoms with Crippen molar-refractivity contribution in [3.63, 3.8) is 0 Å². The Morgan fingerprint density at radius 3 is 2.68 bits per heavy atom. The van der Waals surface area contributed by atoms with Crippen molar-refractivity contribution in [1.82, 2.24) is 14.9 Å². The quantitative estimate of drug-likeness (QED) is 0.524.